The summed E-state index contributed by atoms with van der Waals surface area (Å²) in [7, 11) is 1.79. The van der Waals surface area contributed by atoms with Crippen LogP contribution in [-0.2, 0) is 6.54 Å². The molecule has 2 fully saturated rings. The monoisotopic (exact) mass is 428 g/mol. The first-order valence-electron chi connectivity index (χ1n) is 10.7. The number of aromatic nitrogens is 2. The third kappa shape index (κ3) is 5.33. The summed E-state index contributed by atoms with van der Waals surface area (Å²) >= 11 is 6.29. The molecule has 0 aromatic carbocycles. The first-order chi connectivity index (χ1) is 14.7. The highest BCUT2D eigenvalue weighted by molar-refractivity contribution is 6.32. The molecule has 3 heterocycles. The van der Waals surface area contributed by atoms with Crippen LogP contribution >= 0.6 is 11.6 Å². The summed E-state index contributed by atoms with van der Waals surface area (Å²) in [6.07, 6.45) is 9.76. The van der Waals surface area contributed by atoms with Crippen molar-refractivity contribution < 1.29 is 4.74 Å². The number of hydrogen-bond donors (Lipinski definition) is 2. The van der Waals surface area contributed by atoms with E-state index >= 15 is 0 Å². The highest BCUT2D eigenvalue weighted by atomic mass is 35.5. The molecule has 0 amide bonds. The van der Waals surface area contributed by atoms with Gasteiger partial charge in [-0.2, -0.15) is 0 Å². The topological polar surface area (TPSA) is 74.7 Å². The number of pyridine rings is 2. The molecule has 7 nitrogen and oxygen atoms in total. The van der Waals surface area contributed by atoms with Crippen molar-refractivity contribution in [1.29, 1.82) is 0 Å². The van der Waals surface area contributed by atoms with E-state index in [1.165, 1.54) is 12.8 Å². The van der Waals surface area contributed by atoms with Crippen molar-refractivity contribution in [3.8, 4) is 5.88 Å². The summed E-state index contributed by atoms with van der Waals surface area (Å²) in [5, 5.41) is 7.55. The predicted molar refractivity (Wildman–Crippen MR) is 120 cm³/mol. The van der Waals surface area contributed by atoms with Crippen LogP contribution in [0, 0.1) is 0 Å². The largest absolute Gasteiger partial charge is 0.474 e. The number of halogens is 1. The highest BCUT2D eigenvalue weighted by Crippen LogP contribution is 2.26. The molecule has 2 N–H and O–H groups in total. The number of hydrogen-bond acceptors (Lipinski definition) is 5. The molecule has 2 aromatic rings. The third-order valence-corrected chi connectivity index (χ3v) is 5.93. The van der Waals surface area contributed by atoms with Gasteiger partial charge in [0.1, 0.15) is 11.9 Å². The molecule has 8 heteroatoms. The summed E-state index contributed by atoms with van der Waals surface area (Å²) in [4.78, 5) is 15.4. The Morgan fingerprint density at radius 1 is 1.23 bits per heavy atom. The van der Waals surface area contributed by atoms with Crippen LogP contribution in [0.1, 0.15) is 37.7 Å². The molecule has 1 saturated carbocycles. The minimum atomic E-state index is 0.287. The standard InChI is InChI=1S/C22H29ClN6O/c1-24-22(28-17-10-12-29(15-17)21-19(23)7-4-11-25-21)27-14-16-8-9-20(26-13-16)30-18-5-2-3-6-18/h4,7-9,11,13,17-18H,2-3,5-6,10,12,14-15H2,1H3,(H2,24,27,28). The lowest BCUT2D eigenvalue weighted by atomic mass is 10.2. The predicted octanol–water partition coefficient (Wildman–Crippen LogP) is 3.40. The van der Waals surface area contributed by atoms with Gasteiger partial charge in [0.05, 0.1) is 5.02 Å². The van der Waals surface area contributed by atoms with Gasteiger partial charge in [0.2, 0.25) is 5.88 Å². The molecule has 2 aromatic heterocycles. The number of ether oxygens (including phenoxy) is 1. The molecule has 1 unspecified atom stereocenters. The van der Waals surface area contributed by atoms with Crippen LogP contribution in [0.4, 0.5) is 5.82 Å². The second-order valence-corrected chi connectivity index (χ2v) is 8.25. The minimum absolute atomic E-state index is 0.287. The zero-order valence-corrected chi connectivity index (χ0v) is 18.1. The Balaban J connectivity index is 1.24. The van der Waals surface area contributed by atoms with E-state index in [0.29, 0.717) is 23.6 Å². The van der Waals surface area contributed by atoms with E-state index in [9.17, 15) is 0 Å². The quantitative estimate of drug-likeness (QED) is 0.542. The van der Waals surface area contributed by atoms with Gasteiger partial charge in [0, 0.05) is 51.2 Å². The van der Waals surface area contributed by atoms with Crippen molar-refractivity contribution in [2.24, 2.45) is 4.99 Å². The minimum Gasteiger partial charge on any atom is -0.474 e. The van der Waals surface area contributed by atoms with Crippen molar-refractivity contribution in [1.82, 2.24) is 20.6 Å². The molecule has 0 radical (unpaired) electrons. The first kappa shape index (κ1) is 20.7. The van der Waals surface area contributed by atoms with Gasteiger partial charge in [0.25, 0.3) is 0 Å². The fourth-order valence-corrected chi connectivity index (χ4v) is 4.26. The number of guanidine groups is 1. The summed E-state index contributed by atoms with van der Waals surface area (Å²) in [5.41, 5.74) is 1.09. The van der Waals surface area contributed by atoms with Crippen LogP contribution in [0.3, 0.4) is 0 Å². The van der Waals surface area contributed by atoms with Crippen LogP contribution in [0.2, 0.25) is 5.02 Å². The van der Waals surface area contributed by atoms with Crippen LogP contribution in [-0.4, -0.2) is 48.2 Å². The lowest BCUT2D eigenvalue weighted by Crippen LogP contribution is -2.44. The molecule has 0 spiro atoms. The molecule has 4 rings (SSSR count). The van der Waals surface area contributed by atoms with E-state index in [1.54, 1.807) is 13.2 Å². The van der Waals surface area contributed by atoms with E-state index in [-0.39, 0.29) is 6.04 Å². The molecule has 1 aliphatic heterocycles. The van der Waals surface area contributed by atoms with Crippen molar-refractivity contribution in [2.45, 2.75) is 50.8 Å². The van der Waals surface area contributed by atoms with Gasteiger partial charge in [-0.25, -0.2) is 9.97 Å². The number of rotatable bonds is 6. The summed E-state index contributed by atoms with van der Waals surface area (Å²) in [6, 6.07) is 8.03. The molecule has 160 valence electrons. The average Bonchev–Trinajstić information content (AvgIpc) is 3.45. The molecule has 0 bridgehead atoms. The zero-order valence-electron chi connectivity index (χ0n) is 17.4. The molecular weight excluding hydrogens is 400 g/mol. The van der Waals surface area contributed by atoms with Crippen molar-refractivity contribution in [3.05, 3.63) is 47.2 Å². The SMILES string of the molecule is CN=C(NCc1ccc(OC2CCCC2)nc1)NC1CCN(c2ncccc2Cl)C1. The van der Waals surface area contributed by atoms with Gasteiger partial charge in [-0.1, -0.05) is 17.7 Å². The van der Waals surface area contributed by atoms with Crippen molar-refractivity contribution in [3.63, 3.8) is 0 Å². The van der Waals surface area contributed by atoms with Gasteiger partial charge in [0.15, 0.2) is 5.96 Å². The highest BCUT2D eigenvalue weighted by Gasteiger charge is 2.25. The Bertz CT molecular complexity index is 853. The zero-order chi connectivity index (χ0) is 20.8. The second-order valence-electron chi connectivity index (χ2n) is 7.84. The van der Waals surface area contributed by atoms with Crippen LogP contribution in [0.15, 0.2) is 41.7 Å². The molecular formula is C22H29ClN6O. The smallest absolute Gasteiger partial charge is 0.213 e. The van der Waals surface area contributed by atoms with Crippen molar-refractivity contribution >= 4 is 23.4 Å². The van der Waals surface area contributed by atoms with Gasteiger partial charge in [-0.15, -0.1) is 0 Å². The van der Waals surface area contributed by atoms with Crippen LogP contribution in [0.5, 0.6) is 5.88 Å². The summed E-state index contributed by atoms with van der Waals surface area (Å²) in [5.74, 6) is 2.34. The average molecular weight is 429 g/mol. The molecule has 1 saturated heterocycles. The normalized spacial score (nSPS) is 19.9. The first-order valence-corrected chi connectivity index (χ1v) is 11.0. The second kappa shape index (κ2) is 9.98. The maximum atomic E-state index is 6.29. The summed E-state index contributed by atoms with van der Waals surface area (Å²) < 4.78 is 5.93. The van der Waals surface area contributed by atoms with Crippen LogP contribution < -0.4 is 20.3 Å². The number of aliphatic imine (C=N–C) groups is 1. The van der Waals surface area contributed by atoms with Gasteiger partial charge in [-0.05, 0) is 49.8 Å². The van der Waals surface area contributed by atoms with E-state index in [1.807, 2.05) is 24.4 Å². The number of anilines is 1. The summed E-state index contributed by atoms with van der Waals surface area (Å²) in [6.45, 7) is 2.41. The van der Waals surface area contributed by atoms with E-state index in [2.05, 4.69) is 36.6 Å². The van der Waals surface area contributed by atoms with Crippen LogP contribution in [0.25, 0.3) is 0 Å². The third-order valence-electron chi connectivity index (χ3n) is 5.64. The Morgan fingerprint density at radius 2 is 2.10 bits per heavy atom. The Hall–Kier alpha value is -2.54. The number of nitrogens with one attached hydrogen (secondary N) is 2. The van der Waals surface area contributed by atoms with E-state index in [0.717, 1.165) is 49.7 Å². The Kier molecular flexibility index (Phi) is 6.89. The molecule has 30 heavy (non-hydrogen) atoms. The fraction of sp³-hybridized carbons (Fsp3) is 0.500. The fourth-order valence-electron chi connectivity index (χ4n) is 4.02. The Morgan fingerprint density at radius 3 is 2.83 bits per heavy atom. The van der Waals surface area contributed by atoms with Gasteiger partial charge in [-0.3, -0.25) is 4.99 Å². The maximum absolute atomic E-state index is 6.29. The maximum Gasteiger partial charge on any atom is 0.213 e. The number of nitrogens with zero attached hydrogens (tertiary/aromatic N) is 4. The molecule has 2 aliphatic rings. The van der Waals surface area contributed by atoms with Crippen molar-refractivity contribution in [2.75, 3.05) is 25.0 Å². The Labute approximate surface area is 182 Å². The van der Waals surface area contributed by atoms with Gasteiger partial charge >= 0.3 is 0 Å². The lowest BCUT2D eigenvalue weighted by molar-refractivity contribution is 0.201. The van der Waals surface area contributed by atoms with E-state index < -0.39 is 0 Å². The van der Waals surface area contributed by atoms with Gasteiger partial charge < -0.3 is 20.3 Å². The molecule has 1 aliphatic carbocycles. The molecule has 1 atom stereocenters. The lowest BCUT2D eigenvalue weighted by Gasteiger charge is -2.20. The van der Waals surface area contributed by atoms with E-state index in [4.69, 9.17) is 16.3 Å².